The fourth-order valence-electron chi connectivity index (χ4n) is 2.36. The molecule has 0 saturated carbocycles. The third-order valence-corrected chi connectivity index (χ3v) is 5.21. The lowest BCUT2D eigenvalue weighted by Gasteiger charge is -2.13. The summed E-state index contributed by atoms with van der Waals surface area (Å²) in [5, 5.41) is 6.79. The first-order valence-corrected chi connectivity index (χ1v) is 7.90. The molecule has 6 heteroatoms. The van der Waals surface area contributed by atoms with Gasteiger partial charge in [-0.3, -0.25) is 4.79 Å². The van der Waals surface area contributed by atoms with Crippen LogP contribution >= 0.6 is 39.1 Å². The average Bonchev–Trinajstić information content (AvgIpc) is 2.92. The van der Waals surface area contributed by atoms with Gasteiger partial charge in [-0.15, -0.1) is 0 Å². The van der Waals surface area contributed by atoms with E-state index < -0.39 is 0 Å². The lowest BCUT2D eigenvalue weighted by atomic mass is 10.0. The van der Waals surface area contributed by atoms with Crippen molar-refractivity contribution in [2.24, 2.45) is 0 Å². The summed E-state index contributed by atoms with van der Waals surface area (Å²) < 4.78 is 0.694. The third kappa shape index (κ3) is 2.76. The summed E-state index contributed by atoms with van der Waals surface area (Å²) in [6, 6.07) is 11.3. The molecule has 1 amide bonds. The standard InChI is InChI=1S/C15H11BrCl2N2O/c16-10-5-6-12(14(18)13(10)17)20-15(21)9-7-19-11-4-2-1-3-8(9)11/h1-6,9,19H,7H2,(H,20,21). The van der Waals surface area contributed by atoms with Crippen molar-refractivity contribution in [2.45, 2.75) is 5.92 Å². The molecule has 0 aliphatic carbocycles. The van der Waals surface area contributed by atoms with Gasteiger partial charge in [-0.1, -0.05) is 41.4 Å². The van der Waals surface area contributed by atoms with Crippen molar-refractivity contribution in [3.05, 3.63) is 56.5 Å². The fraction of sp³-hybridized carbons (Fsp3) is 0.133. The number of carbonyl (C=O) groups excluding carboxylic acids is 1. The van der Waals surface area contributed by atoms with Gasteiger partial charge in [0, 0.05) is 16.7 Å². The van der Waals surface area contributed by atoms with Crippen LogP contribution in [-0.2, 0) is 4.79 Å². The first-order valence-electron chi connectivity index (χ1n) is 6.35. The smallest absolute Gasteiger partial charge is 0.233 e. The molecule has 1 unspecified atom stereocenters. The molecular weight excluding hydrogens is 375 g/mol. The monoisotopic (exact) mass is 384 g/mol. The maximum Gasteiger partial charge on any atom is 0.233 e. The molecule has 1 aliphatic rings. The normalized spacial score (nSPS) is 16.2. The molecular formula is C15H11BrCl2N2O. The van der Waals surface area contributed by atoms with Gasteiger partial charge in [0.05, 0.1) is 21.7 Å². The van der Waals surface area contributed by atoms with Crippen LogP contribution in [0.15, 0.2) is 40.9 Å². The Morgan fingerprint density at radius 1 is 1.19 bits per heavy atom. The summed E-state index contributed by atoms with van der Waals surface area (Å²) in [6.07, 6.45) is 0. The van der Waals surface area contributed by atoms with Crippen molar-refractivity contribution < 1.29 is 4.79 Å². The molecule has 3 nitrogen and oxygen atoms in total. The Balaban J connectivity index is 1.84. The lowest BCUT2D eigenvalue weighted by Crippen LogP contribution is -2.22. The van der Waals surface area contributed by atoms with Gasteiger partial charge in [0.25, 0.3) is 0 Å². The number of hydrogen-bond donors (Lipinski definition) is 2. The van der Waals surface area contributed by atoms with Crippen LogP contribution in [0.3, 0.4) is 0 Å². The highest BCUT2D eigenvalue weighted by molar-refractivity contribution is 9.10. The minimum atomic E-state index is -0.236. The highest BCUT2D eigenvalue weighted by Crippen LogP contribution is 2.37. The van der Waals surface area contributed by atoms with E-state index in [1.54, 1.807) is 12.1 Å². The molecule has 2 N–H and O–H groups in total. The Morgan fingerprint density at radius 2 is 1.95 bits per heavy atom. The van der Waals surface area contributed by atoms with Crippen LogP contribution in [0.4, 0.5) is 11.4 Å². The van der Waals surface area contributed by atoms with Gasteiger partial charge in [0.15, 0.2) is 0 Å². The molecule has 3 rings (SSSR count). The molecule has 2 aromatic rings. The number of para-hydroxylation sites is 1. The predicted octanol–water partition coefficient (Wildman–Crippen LogP) is 4.90. The van der Waals surface area contributed by atoms with Crippen molar-refractivity contribution in [1.29, 1.82) is 0 Å². The number of nitrogens with one attached hydrogen (secondary N) is 2. The first kappa shape index (κ1) is 14.7. The van der Waals surface area contributed by atoms with E-state index in [0.29, 0.717) is 26.8 Å². The molecule has 108 valence electrons. The minimum Gasteiger partial charge on any atom is -0.384 e. The number of anilines is 2. The zero-order valence-electron chi connectivity index (χ0n) is 10.8. The van der Waals surface area contributed by atoms with E-state index in [4.69, 9.17) is 23.2 Å². The van der Waals surface area contributed by atoms with Crippen LogP contribution in [0.25, 0.3) is 0 Å². The van der Waals surface area contributed by atoms with Crippen molar-refractivity contribution in [2.75, 3.05) is 17.2 Å². The van der Waals surface area contributed by atoms with E-state index >= 15 is 0 Å². The second-order valence-corrected chi connectivity index (χ2v) is 6.34. The zero-order valence-corrected chi connectivity index (χ0v) is 13.9. The van der Waals surface area contributed by atoms with Crippen LogP contribution < -0.4 is 10.6 Å². The number of hydrogen-bond acceptors (Lipinski definition) is 2. The maximum atomic E-state index is 12.5. The summed E-state index contributed by atoms with van der Waals surface area (Å²) in [5.74, 6) is -0.340. The van der Waals surface area contributed by atoms with Gasteiger partial charge in [-0.2, -0.15) is 0 Å². The molecule has 0 saturated heterocycles. The summed E-state index contributed by atoms with van der Waals surface area (Å²) >= 11 is 15.5. The highest BCUT2D eigenvalue weighted by atomic mass is 79.9. The molecule has 0 bridgehead atoms. The molecule has 0 radical (unpaired) electrons. The predicted molar refractivity (Wildman–Crippen MR) is 90.5 cm³/mol. The summed E-state index contributed by atoms with van der Waals surface area (Å²) in [4.78, 5) is 12.5. The molecule has 1 heterocycles. The van der Waals surface area contributed by atoms with Crippen molar-refractivity contribution >= 4 is 56.4 Å². The van der Waals surface area contributed by atoms with Crippen LogP contribution in [0, 0.1) is 0 Å². The van der Waals surface area contributed by atoms with Gasteiger partial charge in [-0.05, 0) is 39.7 Å². The Kier molecular flexibility index (Phi) is 4.11. The minimum absolute atomic E-state index is 0.104. The average molecular weight is 386 g/mol. The highest BCUT2D eigenvalue weighted by Gasteiger charge is 2.28. The van der Waals surface area contributed by atoms with Gasteiger partial charge < -0.3 is 10.6 Å². The Labute approximate surface area is 140 Å². The quantitative estimate of drug-likeness (QED) is 0.721. The van der Waals surface area contributed by atoms with E-state index in [9.17, 15) is 4.79 Å². The number of fused-ring (bicyclic) bond motifs is 1. The largest absolute Gasteiger partial charge is 0.384 e. The molecule has 0 spiro atoms. The summed E-state index contributed by atoms with van der Waals surface area (Å²) in [7, 11) is 0. The van der Waals surface area contributed by atoms with E-state index in [1.165, 1.54) is 0 Å². The van der Waals surface area contributed by atoms with Gasteiger partial charge in [0.1, 0.15) is 0 Å². The van der Waals surface area contributed by atoms with Crippen LogP contribution in [0.2, 0.25) is 10.0 Å². The Morgan fingerprint density at radius 3 is 2.76 bits per heavy atom. The summed E-state index contributed by atoms with van der Waals surface area (Å²) in [6.45, 7) is 0.576. The molecule has 21 heavy (non-hydrogen) atoms. The van der Waals surface area contributed by atoms with E-state index in [2.05, 4.69) is 26.6 Å². The number of rotatable bonds is 2. The number of benzene rings is 2. The molecule has 1 aliphatic heterocycles. The number of amides is 1. The van der Waals surface area contributed by atoms with Crippen LogP contribution in [0.1, 0.15) is 11.5 Å². The Bertz CT molecular complexity index is 721. The lowest BCUT2D eigenvalue weighted by molar-refractivity contribution is -0.117. The second-order valence-electron chi connectivity index (χ2n) is 4.73. The van der Waals surface area contributed by atoms with Gasteiger partial charge >= 0.3 is 0 Å². The number of carbonyl (C=O) groups is 1. The zero-order chi connectivity index (χ0) is 15.0. The first-order chi connectivity index (χ1) is 10.1. The fourth-order valence-corrected chi connectivity index (χ4v) is 3.18. The van der Waals surface area contributed by atoms with Crippen LogP contribution in [-0.4, -0.2) is 12.5 Å². The second kappa shape index (κ2) is 5.87. The molecule has 0 aromatic heterocycles. The Hall–Kier alpha value is -1.23. The molecule has 2 aromatic carbocycles. The van der Waals surface area contributed by atoms with Gasteiger partial charge in [-0.25, -0.2) is 0 Å². The van der Waals surface area contributed by atoms with Crippen molar-refractivity contribution in [3.63, 3.8) is 0 Å². The third-order valence-electron chi connectivity index (χ3n) is 3.44. The summed E-state index contributed by atoms with van der Waals surface area (Å²) in [5.41, 5.74) is 2.51. The van der Waals surface area contributed by atoms with Crippen LogP contribution in [0.5, 0.6) is 0 Å². The van der Waals surface area contributed by atoms with Gasteiger partial charge in [0.2, 0.25) is 5.91 Å². The van der Waals surface area contributed by atoms with E-state index in [0.717, 1.165) is 11.3 Å². The number of halogens is 3. The van der Waals surface area contributed by atoms with Crippen molar-refractivity contribution in [1.82, 2.24) is 0 Å². The SMILES string of the molecule is O=C(Nc1ccc(Br)c(Cl)c1Cl)C1CNc2ccccc21. The molecule has 1 atom stereocenters. The maximum absolute atomic E-state index is 12.5. The van der Waals surface area contributed by atoms with E-state index in [1.807, 2.05) is 24.3 Å². The van der Waals surface area contributed by atoms with E-state index in [-0.39, 0.29) is 11.8 Å². The molecule has 0 fully saturated rings. The topological polar surface area (TPSA) is 41.1 Å². The van der Waals surface area contributed by atoms with Crippen molar-refractivity contribution in [3.8, 4) is 0 Å².